The second kappa shape index (κ2) is 6.85. The van der Waals surface area contributed by atoms with Crippen LogP contribution in [0.4, 0.5) is 9.59 Å². The van der Waals surface area contributed by atoms with Crippen molar-refractivity contribution in [2.24, 2.45) is 0 Å². The van der Waals surface area contributed by atoms with Crippen molar-refractivity contribution in [3.05, 3.63) is 23.9 Å². The van der Waals surface area contributed by atoms with Gasteiger partial charge in [-0.15, -0.1) is 0 Å². The summed E-state index contributed by atoms with van der Waals surface area (Å²) in [6, 6.07) is 3.35. The van der Waals surface area contributed by atoms with Gasteiger partial charge < -0.3 is 15.4 Å². The second-order valence-corrected chi connectivity index (χ2v) is 6.10. The molecule has 1 aliphatic heterocycles. The van der Waals surface area contributed by atoms with Crippen LogP contribution in [0.2, 0.25) is 0 Å². The average Bonchev–Trinajstić information content (AvgIpc) is 2.98. The van der Waals surface area contributed by atoms with Gasteiger partial charge in [0.25, 0.3) is 0 Å². The lowest BCUT2D eigenvalue weighted by atomic mass is 9.93. The quantitative estimate of drug-likeness (QED) is 0.890. The van der Waals surface area contributed by atoms with E-state index in [2.05, 4.69) is 15.6 Å². The normalized spacial score (nSPS) is 24.2. The molecule has 1 saturated heterocycles. The zero-order valence-electron chi connectivity index (χ0n) is 13.2. The number of aryl methyl sites for hydroxylation is 1. The highest BCUT2D eigenvalue weighted by Crippen LogP contribution is 2.23. The van der Waals surface area contributed by atoms with Crippen LogP contribution in [0.1, 0.15) is 31.2 Å². The molecule has 7 heteroatoms. The van der Waals surface area contributed by atoms with Crippen molar-refractivity contribution >= 4 is 12.1 Å². The van der Waals surface area contributed by atoms with Crippen LogP contribution in [0, 0.1) is 6.92 Å². The molecule has 0 atom stereocenters. The fourth-order valence-electron chi connectivity index (χ4n) is 2.94. The summed E-state index contributed by atoms with van der Waals surface area (Å²) in [6.45, 7) is 2.95. The highest BCUT2D eigenvalue weighted by atomic mass is 16.5. The third-order valence-electron chi connectivity index (χ3n) is 4.28. The summed E-state index contributed by atoms with van der Waals surface area (Å²) < 4.78 is 5.88. The molecular formula is C16H22N4O3. The van der Waals surface area contributed by atoms with Crippen molar-refractivity contribution in [2.45, 2.75) is 44.8 Å². The van der Waals surface area contributed by atoms with E-state index in [-0.39, 0.29) is 24.2 Å². The summed E-state index contributed by atoms with van der Waals surface area (Å²) in [5.41, 5.74) is 1.11. The first kappa shape index (κ1) is 15.6. The van der Waals surface area contributed by atoms with Crippen LogP contribution in [0.5, 0.6) is 5.88 Å². The van der Waals surface area contributed by atoms with E-state index in [0.29, 0.717) is 19.0 Å². The molecule has 2 N–H and O–H groups in total. The molecule has 1 aromatic rings. The number of hydrogen-bond acceptors (Lipinski definition) is 4. The van der Waals surface area contributed by atoms with Crippen molar-refractivity contribution in [1.82, 2.24) is 20.5 Å². The lowest BCUT2D eigenvalue weighted by molar-refractivity contribution is 0.132. The molecule has 0 unspecified atom stereocenters. The molecule has 2 aliphatic rings. The molecule has 1 aliphatic carbocycles. The van der Waals surface area contributed by atoms with Gasteiger partial charge in [0.1, 0.15) is 6.10 Å². The summed E-state index contributed by atoms with van der Waals surface area (Å²) in [6.07, 6.45) is 5.35. The second-order valence-electron chi connectivity index (χ2n) is 6.10. The minimum absolute atomic E-state index is 0.0988. The Kier molecular flexibility index (Phi) is 4.64. The van der Waals surface area contributed by atoms with Gasteiger partial charge in [0.15, 0.2) is 0 Å². The van der Waals surface area contributed by atoms with Crippen molar-refractivity contribution in [3.63, 3.8) is 0 Å². The van der Waals surface area contributed by atoms with Crippen LogP contribution in [-0.4, -0.2) is 47.2 Å². The maximum Gasteiger partial charge on any atom is 0.325 e. The molecule has 0 radical (unpaired) electrons. The van der Waals surface area contributed by atoms with Gasteiger partial charge in [0.2, 0.25) is 5.88 Å². The van der Waals surface area contributed by atoms with E-state index >= 15 is 0 Å². The fourth-order valence-corrected chi connectivity index (χ4v) is 2.94. The van der Waals surface area contributed by atoms with Gasteiger partial charge in [0, 0.05) is 31.4 Å². The van der Waals surface area contributed by atoms with Gasteiger partial charge in [-0.2, -0.15) is 0 Å². The minimum atomic E-state index is -0.315. The maximum atomic E-state index is 12.0. The first-order valence-corrected chi connectivity index (χ1v) is 8.07. The van der Waals surface area contributed by atoms with E-state index in [9.17, 15) is 9.59 Å². The Morgan fingerprint density at radius 3 is 2.74 bits per heavy atom. The number of nitrogens with one attached hydrogen (secondary N) is 2. The monoisotopic (exact) mass is 318 g/mol. The Labute approximate surface area is 135 Å². The van der Waals surface area contributed by atoms with Gasteiger partial charge >= 0.3 is 12.1 Å². The summed E-state index contributed by atoms with van der Waals surface area (Å²) in [4.78, 5) is 29.0. The molecule has 0 spiro atoms. The van der Waals surface area contributed by atoms with E-state index in [1.54, 1.807) is 6.20 Å². The number of amides is 4. The minimum Gasteiger partial charge on any atom is -0.474 e. The van der Waals surface area contributed by atoms with Crippen LogP contribution in [0.25, 0.3) is 0 Å². The molecule has 23 heavy (non-hydrogen) atoms. The highest BCUT2D eigenvalue weighted by molar-refractivity contribution is 5.95. The molecule has 7 nitrogen and oxygen atoms in total. The third kappa shape index (κ3) is 3.91. The van der Waals surface area contributed by atoms with Gasteiger partial charge in [0.05, 0.1) is 0 Å². The van der Waals surface area contributed by atoms with E-state index in [1.165, 1.54) is 4.90 Å². The zero-order valence-corrected chi connectivity index (χ0v) is 13.2. The fraction of sp³-hybridized carbons (Fsp3) is 0.562. The molecule has 0 bridgehead atoms. The molecule has 0 aromatic carbocycles. The number of carbonyl (C=O) groups is 2. The molecule has 2 fully saturated rings. The van der Waals surface area contributed by atoms with Gasteiger partial charge in [-0.25, -0.2) is 19.5 Å². The number of nitrogens with zero attached hydrogens (tertiary/aromatic N) is 2. The van der Waals surface area contributed by atoms with Crippen molar-refractivity contribution in [1.29, 1.82) is 0 Å². The van der Waals surface area contributed by atoms with Crippen LogP contribution < -0.4 is 15.4 Å². The van der Waals surface area contributed by atoms with Crippen LogP contribution in [-0.2, 0) is 0 Å². The maximum absolute atomic E-state index is 12.0. The topological polar surface area (TPSA) is 83.6 Å². The SMILES string of the molecule is Cc1ccc(OC2CCC(NC(=O)N3CCNC3=O)CC2)nc1. The molecule has 1 aromatic heterocycles. The first-order valence-electron chi connectivity index (χ1n) is 8.07. The number of pyridine rings is 1. The van der Waals surface area contributed by atoms with E-state index in [0.717, 1.165) is 31.2 Å². The average molecular weight is 318 g/mol. The Balaban J connectivity index is 1.44. The van der Waals surface area contributed by atoms with Crippen molar-refractivity contribution in [3.8, 4) is 5.88 Å². The molecule has 124 valence electrons. The number of urea groups is 2. The summed E-state index contributed by atoms with van der Waals surface area (Å²) in [7, 11) is 0. The number of imide groups is 1. The molecule has 3 rings (SSSR count). The number of ether oxygens (including phenoxy) is 1. The Bertz CT molecular complexity index is 567. The molecule has 1 saturated carbocycles. The Morgan fingerprint density at radius 2 is 2.13 bits per heavy atom. The number of aromatic nitrogens is 1. The molecular weight excluding hydrogens is 296 g/mol. The standard InChI is InChI=1S/C16H22N4O3/c1-11-2-7-14(18-10-11)23-13-5-3-12(4-6-13)19-16(22)20-9-8-17-15(20)21/h2,7,10,12-13H,3-6,8-9H2,1H3,(H,17,21)(H,19,22). The number of carbonyl (C=O) groups excluding carboxylic acids is 2. The van der Waals surface area contributed by atoms with Crippen LogP contribution >= 0.6 is 0 Å². The zero-order chi connectivity index (χ0) is 16.2. The van der Waals surface area contributed by atoms with Gasteiger partial charge in [-0.1, -0.05) is 6.07 Å². The lowest BCUT2D eigenvalue weighted by Crippen LogP contribution is -2.47. The van der Waals surface area contributed by atoms with Crippen LogP contribution in [0.3, 0.4) is 0 Å². The van der Waals surface area contributed by atoms with E-state index in [1.807, 2.05) is 19.1 Å². The smallest absolute Gasteiger partial charge is 0.325 e. The summed E-state index contributed by atoms with van der Waals surface area (Å²) >= 11 is 0. The number of rotatable bonds is 3. The number of hydrogen-bond donors (Lipinski definition) is 2. The van der Waals surface area contributed by atoms with E-state index in [4.69, 9.17) is 4.74 Å². The molecule has 4 amide bonds. The van der Waals surface area contributed by atoms with Gasteiger partial charge in [-0.05, 0) is 38.2 Å². The third-order valence-corrected chi connectivity index (χ3v) is 4.28. The first-order chi connectivity index (χ1) is 11.1. The lowest BCUT2D eigenvalue weighted by Gasteiger charge is -2.30. The van der Waals surface area contributed by atoms with Crippen molar-refractivity contribution < 1.29 is 14.3 Å². The Hall–Kier alpha value is -2.31. The van der Waals surface area contributed by atoms with E-state index < -0.39 is 0 Å². The largest absolute Gasteiger partial charge is 0.474 e. The van der Waals surface area contributed by atoms with Gasteiger partial charge in [-0.3, -0.25) is 0 Å². The summed E-state index contributed by atoms with van der Waals surface area (Å²) in [5, 5.41) is 5.56. The predicted octanol–water partition coefficient (Wildman–Crippen LogP) is 1.81. The summed E-state index contributed by atoms with van der Waals surface area (Å²) in [5.74, 6) is 0.650. The molecule has 2 heterocycles. The highest BCUT2D eigenvalue weighted by Gasteiger charge is 2.29. The van der Waals surface area contributed by atoms with Crippen molar-refractivity contribution in [2.75, 3.05) is 13.1 Å². The Morgan fingerprint density at radius 1 is 1.35 bits per heavy atom. The predicted molar refractivity (Wildman–Crippen MR) is 84.3 cm³/mol. The van der Waals surface area contributed by atoms with Crippen LogP contribution in [0.15, 0.2) is 18.3 Å².